The number of H-pyrrole nitrogens is 1. The van der Waals surface area contributed by atoms with Crippen LogP contribution in [0.5, 0.6) is 0 Å². The summed E-state index contributed by atoms with van der Waals surface area (Å²) in [7, 11) is 1.66. The van der Waals surface area contributed by atoms with Gasteiger partial charge in [-0.05, 0) is 39.8 Å². The van der Waals surface area contributed by atoms with Crippen LogP contribution in [0, 0.1) is 19.3 Å². The van der Waals surface area contributed by atoms with Crippen LogP contribution < -0.4 is 5.32 Å². The second-order valence-electron chi connectivity index (χ2n) is 6.01. The molecule has 0 aromatic carbocycles. The summed E-state index contributed by atoms with van der Waals surface area (Å²) in [6, 6.07) is 1.89. The van der Waals surface area contributed by atoms with Crippen LogP contribution in [0.2, 0.25) is 0 Å². The van der Waals surface area contributed by atoms with Crippen molar-refractivity contribution in [3.63, 3.8) is 0 Å². The predicted octanol–water partition coefficient (Wildman–Crippen LogP) is 1.27. The van der Waals surface area contributed by atoms with E-state index in [1.165, 1.54) is 0 Å². The monoisotopic (exact) mass is 277 g/mol. The number of hydrogen-bond acceptors (Lipinski definition) is 3. The molecule has 1 unspecified atom stereocenters. The average Bonchev–Trinajstić information content (AvgIpc) is 2.92. The molecule has 0 radical (unpaired) electrons. The molecule has 0 spiro atoms. The molecule has 2 N–H and O–H groups in total. The zero-order valence-electron chi connectivity index (χ0n) is 12.7. The van der Waals surface area contributed by atoms with Gasteiger partial charge in [0.25, 0.3) is 0 Å². The number of nitrogens with zero attached hydrogens (tertiary/aromatic N) is 1. The van der Waals surface area contributed by atoms with Crippen LogP contribution in [-0.4, -0.2) is 48.3 Å². The fraction of sp³-hybridized carbons (Fsp3) is 0.600. The summed E-state index contributed by atoms with van der Waals surface area (Å²) < 4.78 is 0. The Bertz CT molecular complexity index is 535. The van der Waals surface area contributed by atoms with E-state index in [1.54, 1.807) is 7.05 Å². The standard InChI is InChI=1S/C15H23N3O2/c1-10-7-12(11(2)17-10)13(19)8-18-6-5-15(3,9-18)14(20)16-4/h7,17H,5-6,8-9H2,1-4H3,(H,16,20). The fourth-order valence-electron chi connectivity index (χ4n) is 2.98. The number of aromatic amines is 1. The SMILES string of the molecule is CNC(=O)C1(C)CCN(CC(=O)c2cc(C)[nH]c2C)C1. The maximum absolute atomic E-state index is 12.3. The number of carbonyl (C=O) groups excluding carboxylic acids is 2. The molecular formula is C15H23N3O2. The number of ketones is 1. The Labute approximate surface area is 119 Å². The molecule has 1 aromatic rings. The third-order valence-corrected chi connectivity index (χ3v) is 4.14. The van der Waals surface area contributed by atoms with E-state index in [4.69, 9.17) is 0 Å². The molecular weight excluding hydrogens is 254 g/mol. The van der Waals surface area contributed by atoms with Gasteiger partial charge in [0.2, 0.25) is 5.91 Å². The summed E-state index contributed by atoms with van der Waals surface area (Å²) in [4.78, 5) is 29.4. The third kappa shape index (κ3) is 2.77. The van der Waals surface area contributed by atoms with Crippen molar-refractivity contribution in [3.05, 3.63) is 23.0 Å². The second-order valence-corrected chi connectivity index (χ2v) is 6.01. The predicted molar refractivity (Wildman–Crippen MR) is 77.8 cm³/mol. The van der Waals surface area contributed by atoms with Crippen LogP contribution >= 0.6 is 0 Å². The topological polar surface area (TPSA) is 65.2 Å². The largest absolute Gasteiger partial charge is 0.362 e. The average molecular weight is 277 g/mol. The summed E-state index contributed by atoms with van der Waals surface area (Å²) in [5, 5.41) is 2.71. The molecule has 5 heteroatoms. The molecule has 5 nitrogen and oxygen atoms in total. The number of nitrogens with one attached hydrogen (secondary N) is 2. The highest BCUT2D eigenvalue weighted by Gasteiger charge is 2.40. The molecule has 1 aromatic heterocycles. The number of aromatic nitrogens is 1. The number of Topliss-reactive ketones (excluding diaryl/α,β-unsaturated/α-hetero) is 1. The van der Waals surface area contributed by atoms with Gasteiger partial charge in [-0.2, -0.15) is 0 Å². The van der Waals surface area contributed by atoms with Gasteiger partial charge in [0.1, 0.15) is 0 Å². The molecule has 0 bridgehead atoms. The fourth-order valence-corrected chi connectivity index (χ4v) is 2.98. The van der Waals surface area contributed by atoms with E-state index in [0.29, 0.717) is 13.1 Å². The Balaban J connectivity index is 2.00. The number of hydrogen-bond donors (Lipinski definition) is 2. The van der Waals surface area contributed by atoms with Crippen molar-refractivity contribution in [2.24, 2.45) is 5.41 Å². The van der Waals surface area contributed by atoms with Crippen LogP contribution in [0.15, 0.2) is 6.07 Å². The summed E-state index contributed by atoms with van der Waals surface area (Å²) in [6.45, 7) is 7.63. The summed E-state index contributed by atoms with van der Waals surface area (Å²) >= 11 is 0. The van der Waals surface area contributed by atoms with Gasteiger partial charge in [0.15, 0.2) is 5.78 Å². The van der Waals surface area contributed by atoms with Crippen molar-refractivity contribution in [1.29, 1.82) is 0 Å². The van der Waals surface area contributed by atoms with Gasteiger partial charge in [-0.25, -0.2) is 0 Å². The van der Waals surface area contributed by atoms with E-state index < -0.39 is 0 Å². The van der Waals surface area contributed by atoms with Gasteiger partial charge in [-0.1, -0.05) is 0 Å². The van der Waals surface area contributed by atoms with Crippen molar-refractivity contribution in [3.8, 4) is 0 Å². The van der Waals surface area contributed by atoms with Gasteiger partial charge in [0, 0.05) is 30.5 Å². The van der Waals surface area contributed by atoms with E-state index in [1.807, 2.05) is 26.8 Å². The molecule has 0 aliphatic carbocycles. The lowest BCUT2D eigenvalue weighted by Gasteiger charge is -2.22. The normalized spacial score (nSPS) is 23.0. The first kappa shape index (κ1) is 14.8. The number of carbonyl (C=O) groups is 2. The smallest absolute Gasteiger partial charge is 0.227 e. The Morgan fingerprint density at radius 2 is 2.15 bits per heavy atom. The first-order chi connectivity index (χ1) is 9.35. The second kappa shape index (κ2) is 5.40. The first-order valence-corrected chi connectivity index (χ1v) is 6.99. The molecule has 1 fully saturated rings. The number of amides is 1. The Kier molecular flexibility index (Phi) is 3.99. The molecule has 0 saturated carbocycles. The Morgan fingerprint density at radius 1 is 1.45 bits per heavy atom. The van der Waals surface area contributed by atoms with Crippen LogP contribution in [0.1, 0.15) is 35.1 Å². The molecule has 1 aliphatic rings. The van der Waals surface area contributed by atoms with Crippen molar-refractivity contribution >= 4 is 11.7 Å². The van der Waals surface area contributed by atoms with E-state index in [9.17, 15) is 9.59 Å². The highest BCUT2D eigenvalue weighted by Crippen LogP contribution is 2.30. The molecule has 110 valence electrons. The van der Waals surface area contributed by atoms with Gasteiger partial charge < -0.3 is 10.3 Å². The highest BCUT2D eigenvalue weighted by molar-refractivity contribution is 5.99. The third-order valence-electron chi connectivity index (χ3n) is 4.14. The lowest BCUT2D eigenvalue weighted by molar-refractivity contribution is -0.129. The summed E-state index contributed by atoms with van der Waals surface area (Å²) in [5.74, 6) is 0.175. The number of aryl methyl sites for hydroxylation is 2. The van der Waals surface area contributed by atoms with E-state index in [-0.39, 0.29) is 17.1 Å². The van der Waals surface area contributed by atoms with E-state index >= 15 is 0 Å². The van der Waals surface area contributed by atoms with Crippen LogP contribution in [0.4, 0.5) is 0 Å². The Morgan fingerprint density at radius 3 is 2.70 bits per heavy atom. The van der Waals surface area contributed by atoms with Crippen molar-refractivity contribution in [1.82, 2.24) is 15.2 Å². The molecule has 1 atom stereocenters. The summed E-state index contributed by atoms with van der Waals surface area (Å²) in [6.07, 6.45) is 0.797. The van der Waals surface area contributed by atoms with Crippen LogP contribution in [0.3, 0.4) is 0 Å². The minimum Gasteiger partial charge on any atom is -0.362 e. The zero-order valence-corrected chi connectivity index (χ0v) is 12.7. The minimum absolute atomic E-state index is 0.0566. The minimum atomic E-state index is -0.377. The molecule has 2 rings (SSSR count). The number of rotatable bonds is 4. The van der Waals surface area contributed by atoms with Crippen molar-refractivity contribution < 1.29 is 9.59 Å². The van der Waals surface area contributed by atoms with Crippen LogP contribution in [-0.2, 0) is 4.79 Å². The molecule has 1 aliphatic heterocycles. The zero-order chi connectivity index (χ0) is 14.9. The van der Waals surface area contributed by atoms with Gasteiger partial charge >= 0.3 is 0 Å². The highest BCUT2D eigenvalue weighted by atomic mass is 16.2. The lowest BCUT2D eigenvalue weighted by Crippen LogP contribution is -2.40. The maximum Gasteiger partial charge on any atom is 0.227 e. The van der Waals surface area contributed by atoms with Crippen LogP contribution in [0.25, 0.3) is 0 Å². The molecule has 20 heavy (non-hydrogen) atoms. The molecule has 1 saturated heterocycles. The number of likely N-dealkylation sites (tertiary alicyclic amines) is 1. The molecule has 1 amide bonds. The maximum atomic E-state index is 12.3. The molecule has 2 heterocycles. The van der Waals surface area contributed by atoms with Crippen molar-refractivity contribution in [2.75, 3.05) is 26.7 Å². The Hall–Kier alpha value is -1.62. The summed E-state index contributed by atoms with van der Waals surface area (Å²) in [5.41, 5.74) is 2.30. The first-order valence-electron chi connectivity index (χ1n) is 6.99. The van der Waals surface area contributed by atoms with Gasteiger partial charge in [-0.3, -0.25) is 14.5 Å². The van der Waals surface area contributed by atoms with Gasteiger partial charge in [0.05, 0.1) is 12.0 Å². The van der Waals surface area contributed by atoms with Gasteiger partial charge in [-0.15, -0.1) is 0 Å². The van der Waals surface area contributed by atoms with E-state index in [2.05, 4.69) is 15.2 Å². The lowest BCUT2D eigenvalue weighted by atomic mass is 9.89. The van der Waals surface area contributed by atoms with E-state index in [0.717, 1.165) is 29.9 Å². The van der Waals surface area contributed by atoms with Crippen molar-refractivity contribution in [2.45, 2.75) is 27.2 Å². The quantitative estimate of drug-likeness (QED) is 0.815.